The number of aromatic nitrogens is 2. The van der Waals surface area contributed by atoms with Gasteiger partial charge in [-0.1, -0.05) is 54.6 Å². The number of ether oxygens (including phenoxy) is 1. The molecular formula is C23H20N4O2. The predicted molar refractivity (Wildman–Crippen MR) is 114 cm³/mol. The zero-order valence-electron chi connectivity index (χ0n) is 15.9. The summed E-state index contributed by atoms with van der Waals surface area (Å²) in [5.74, 6) is 0.358. The monoisotopic (exact) mass is 384 g/mol. The van der Waals surface area contributed by atoms with Crippen LogP contribution in [0.4, 0.5) is 0 Å². The highest BCUT2D eigenvalue weighted by Gasteiger charge is 2.13. The van der Waals surface area contributed by atoms with Crippen LogP contribution in [0, 0.1) is 0 Å². The largest absolute Gasteiger partial charge is 0.493 e. The van der Waals surface area contributed by atoms with E-state index in [4.69, 9.17) is 4.74 Å². The van der Waals surface area contributed by atoms with Crippen molar-refractivity contribution in [3.05, 3.63) is 84.1 Å². The van der Waals surface area contributed by atoms with Crippen molar-refractivity contribution in [2.24, 2.45) is 5.10 Å². The molecule has 0 aliphatic rings. The molecule has 0 bridgehead atoms. The molecule has 6 nitrogen and oxygen atoms in total. The van der Waals surface area contributed by atoms with E-state index < -0.39 is 0 Å². The van der Waals surface area contributed by atoms with Gasteiger partial charge in [-0.15, -0.1) is 0 Å². The third kappa shape index (κ3) is 4.01. The van der Waals surface area contributed by atoms with E-state index in [1.807, 2.05) is 73.7 Å². The molecule has 0 fully saturated rings. The van der Waals surface area contributed by atoms with Crippen LogP contribution in [0.2, 0.25) is 0 Å². The SMILES string of the molecule is CCOc1ccccc1-c1cc(C(=O)NN=Cc2cccc3ccccc23)[nH]n1. The average molecular weight is 384 g/mol. The normalized spacial score (nSPS) is 11.1. The van der Waals surface area contributed by atoms with Gasteiger partial charge in [0.15, 0.2) is 0 Å². The second kappa shape index (κ2) is 8.39. The van der Waals surface area contributed by atoms with Gasteiger partial charge >= 0.3 is 0 Å². The van der Waals surface area contributed by atoms with Crippen LogP contribution in [0.5, 0.6) is 5.75 Å². The minimum Gasteiger partial charge on any atom is -0.493 e. The molecule has 1 aromatic heterocycles. The molecule has 0 saturated carbocycles. The second-order valence-corrected chi connectivity index (χ2v) is 6.36. The Kier molecular flexibility index (Phi) is 5.33. The molecule has 4 aromatic rings. The molecule has 0 unspecified atom stereocenters. The average Bonchev–Trinajstić information content (AvgIpc) is 3.25. The number of aromatic amines is 1. The van der Waals surface area contributed by atoms with E-state index in [2.05, 4.69) is 20.7 Å². The van der Waals surface area contributed by atoms with Gasteiger partial charge in [0, 0.05) is 11.1 Å². The number of carbonyl (C=O) groups is 1. The Morgan fingerprint density at radius 1 is 1.10 bits per heavy atom. The number of benzene rings is 3. The molecule has 1 heterocycles. The minimum absolute atomic E-state index is 0.321. The van der Waals surface area contributed by atoms with Gasteiger partial charge in [-0.3, -0.25) is 9.89 Å². The van der Waals surface area contributed by atoms with Gasteiger partial charge in [-0.25, -0.2) is 5.43 Å². The number of nitrogens with one attached hydrogen (secondary N) is 2. The van der Waals surface area contributed by atoms with Gasteiger partial charge in [0.05, 0.1) is 18.5 Å². The van der Waals surface area contributed by atoms with Crippen molar-refractivity contribution in [1.82, 2.24) is 15.6 Å². The number of hydrazone groups is 1. The summed E-state index contributed by atoms with van der Waals surface area (Å²) in [5, 5.41) is 13.3. The summed E-state index contributed by atoms with van der Waals surface area (Å²) in [6, 6.07) is 23.3. The Labute approximate surface area is 168 Å². The van der Waals surface area contributed by atoms with Crippen LogP contribution < -0.4 is 10.2 Å². The maximum absolute atomic E-state index is 12.4. The highest BCUT2D eigenvalue weighted by atomic mass is 16.5. The molecule has 0 spiro atoms. The van der Waals surface area contributed by atoms with E-state index in [1.54, 1.807) is 12.3 Å². The van der Waals surface area contributed by atoms with Crippen LogP contribution >= 0.6 is 0 Å². The fraction of sp³-hybridized carbons (Fsp3) is 0.0870. The molecule has 0 aliphatic heterocycles. The molecule has 0 atom stereocenters. The molecule has 144 valence electrons. The highest BCUT2D eigenvalue weighted by molar-refractivity contribution is 6.00. The Balaban J connectivity index is 1.49. The zero-order valence-corrected chi connectivity index (χ0v) is 15.9. The first-order valence-electron chi connectivity index (χ1n) is 9.35. The Morgan fingerprint density at radius 3 is 2.79 bits per heavy atom. The van der Waals surface area contributed by atoms with Crippen LogP contribution in [-0.2, 0) is 0 Å². The summed E-state index contributed by atoms with van der Waals surface area (Å²) in [4.78, 5) is 12.4. The Morgan fingerprint density at radius 2 is 1.90 bits per heavy atom. The van der Waals surface area contributed by atoms with Crippen molar-refractivity contribution in [2.75, 3.05) is 6.61 Å². The van der Waals surface area contributed by atoms with Crippen molar-refractivity contribution < 1.29 is 9.53 Å². The summed E-state index contributed by atoms with van der Waals surface area (Å²) >= 11 is 0. The highest BCUT2D eigenvalue weighted by Crippen LogP contribution is 2.28. The van der Waals surface area contributed by atoms with Crippen molar-refractivity contribution in [3.63, 3.8) is 0 Å². The summed E-state index contributed by atoms with van der Waals surface area (Å²) in [6.45, 7) is 2.48. The number of rotatable bonds is 6. The standard InChI is InChI=1S/C23H20N4O2/c1-2-29-22-13-6-5-12-19(22)20-14-21(26-25-20)23(28)27-24-15-17-10-7-9-16-8-3-4-11-18(16)17/h3-15H,2H2,1H3,(H,25,26)(H,27,28). The summed E-state index contributed by atoms with van der Waals surface area (Å²) in [5.41, 5.74) is 5.25. The maximum Gasteiger partial charge on any atom is 0.289 e. The van der Waals surface area contributed by atoms with Crippen LogP contribution in [0.1, 0.15) is 23.0 Å². The molecule has 0 radical (unpaired) electrons. The van der Waals surface area contributed by atoms with Gasteiger partial charge < -0.3 is 4.74 Å². The van der Waals surface area contributed by atoms with Gasteiger partial charge in [0.25, 0.3) is 5.91 Å². The van der Waals surface area contributed by atoms with E-state index in [1.165, 1.54) is 0 Å². The molecule has 0 aliphatic carbocycles. The lowest BCUT2D eigenvalue weighted by atomic mass is 10.1. The lowest BCUT2D eigenvalue weighted by molar-refractivity contribution is 0.0950. The van der Waals surface area contributed by atoms with Crippen LogP contribution in [0.15, 0.2) is 77.9 Å². The zero-order chi connectivity index (χ0) is 20.1. The molecule has 0 saturated heterocycles. The molecule has 6 heteroatoms. The first-order valence-corrected chi connectivity index (χ1v) is 9.35. The van der Waals surface area contributed by atoms with Gasteiger partial charge in [-0.2, -0.15) is 10.2 Å². The van der Waals surface area contributed by atoms with Gasteiger partial charge in [0.1, 0.15) is 11.4 Å². The number of amides is 1. The molecular weight excluding hydrogens is 364 g/mol. The van der Waals surface area contributed by atoms with E-state index >= 15 is 0 Å². The Hall–Kier alpha value is -3.93. The molecule has 1 amide bonds. The molecule has 29 heavy (non-hydrogen) atoms. The molecule has 2 N–H and O–H groups in total. The fourth-order valence-corrected chi connectivity index (χ4v) is 3.12. The minimum atomic E-state index is -0.367. The topological polar surface area (TPSA) is 79.4 Å². The Bertz CT molecular complexity index is 1170. The van der Waals surface area contributed by atoms with Crippen molar-refractivity contribution >= 4 is 22.9 Å². The smallest absolute Gasteiger partial charge is 0.289 e. The number of carbonyl (C=O) groups excluding carboxylic acids is 1. The van der Waals surface area contributed by atoms with Crippen LogP contribution in [-0.4, -0.2) is 28.9 Å². The van der Waals surface area contributed by atoms with E-state index in [-0.39, 0.29) is 5.91 Å². The van der Waals surface area contributed by atoms with Crippen molar-refractivity contribution in [1.29, 1.82) is 0 Å². The van der Waals surface area contributed by atoms with Crippen LogP contribution in [0.25, 0.3) is 22.0 Å². The number of hydrogen-bond acceptors (Lipinski definition) is 4. The van der Waals surface area contributed by atoms with Crippen LogP contribution in [0.3, 0.4) is 0 Å². The number of para-hydroxylation sites is 1. The molecule has 3 aromatic carbocycles. The third-order valence-electron chi connectivity index (χ3n) is 4.48. The predicted octanol–water partition coefficient (Wildman–Crippen LogP) is 4.39. The number of fused-ring (bicyclic) bond motifs is 1. The number of H-pyrrole nitrogens is 1. The first kappa shape index (κ1) is 18.4. The lowest BCUT2D eigenvalue weighted by Crippen LogP contribution is -2.18. The second-order valence-electron chi connectivity index (χ2n) is 6.36. The van der Waals surface area contributed by atoms with Crippen molar-refractivity contribution in [3.8, 4) is 17.0 Å². The van der Waals surface area contributed by atoms with Gasteiger partial charge in [0.2, 0.25) is 0 Å². The fourth-order valence-electron chi connectivity index (χ4n) is 3.12. The number of nitrogens with zero attached hydrogens (tertiary/aromatic N) is 2. The van der Waals surface area contributed by atoms with E-state index in [9.17, 15) is 4.79 Å². The van der Waals surface area contributed by atoms with Gasteiger partial charge in [-0.05, 0) is 35.9 Å². The third-order valence-corrected chi connectivity index (χ3v) is 4.48. The maximum atomic E-state index is 12.4. The molecule has 4 rings (SSSR count). The van der Waals surface area contributed by atoms with E-state index in [0.29, 0.717) is 18.0 Å². The number of hydrogen-bond donors (Lipinski definition) is 2. The van der Waals surface area contributed by atoms with Crippen molar-refractivity contribution in [2.45, 2.75) is 6.92 Å². The van der Waals surface area contributed by atoms with E-state index in [0.717, 1.165) is 27.6 Å². The summed E-state index contributed by atoms with van der Waals surface area (Å²) in [6.07, 6.45) is 1.64. The summed E-state index contributed by atoms with van der Waals surface area (Å²) in [7, 11) is 0. The lowest BCUT2D eigenvalue weighted by Gasteiger charge is -2.07. The first-order chi connectivity index (χ1) is 14.3. The summed E-state index contributed by atoms with van der Waals surface area (Å²) < 4.78 is 5.63. The quantitative estimate of drug-likeness (QED) is 0.382.